The normalized spacial score (nSPS) is 17.7. The van der Waals surface area contributed by atoms with Gasteiger partial charge in [-0.1, -0.05) is 6.07 Å². The number of nitrogen functional groups attached to an aromatic ring is 1. The van der Waals surface area contributed by atoms with Crippen LogP contribution < -0.4 is 20.5 Å². The number of benzene rings is 1. The van der Waals surface area contributed by atoms with Crippen LogP contribution in [-0.4, -0.2) is 85.5 Å². The van der Waals surface area contributed by atoms with Gasteiger partial charge in [0, 0.05) is 24.8 Å². The van der Waals surface area contributed by atoms with E-state index in [0.717, 1.165) is 18.5 Å². The fraction of sp³-hybridized carbons (Fsp3) is 0.615. The first kappa shape index (κ1) is 27.3. The average molecular weight is 523 g/mol. The number of ether oxygens (including phenoxy) is 2. The summed E-state index contributed by atoms with van der Waals surface area (Å²) in [5, 5.41) is 3.19. The average Bonchev–Trinajstić information content (AvgIpc) is 3.39. The summed E-state index contributed by atoms with van der Waals surface area (Å²) in [5.41, 5.74) is 7.79. The number of nitrogens with two attached hydrogens (primary N) is 1. The van der Waals surface area contributed by atoms with Crippen LogP contribution in [0.15, 0.2) is 24.4 Å². The molecule has 2 aromatic rings. The van der Waals surface area contributed by atoms with E-state index in [2.05, 4.69) is 20.2 Å². The van der Waals surface area contributed by atoms with Gasteiger partial charge in [0.15, 0.2) is 11.5 Å². The van der Waals surface area contributed by atoms with Gasteiger partial charge in [0.05, 0.1) is 20.3 Å². The molecule has 2 aliphatic heterocycles. The molecular formula is C26H37F3N6O2. The van der Waals surface area contributed by atoms with Gasteiger partial charge in [-0.15, -0.1) is 0 Å². The van der Waals surface area contributed by atoms with Crippen LogP contribution in [0, 0.1) is 5.92 Å². The maximum Gasteiger partial charge on any atom is 0.401 e. The van der Waals surface area contributed by atoms with Crippen LogP contribution in [0.4, 0.5) is 24.9 Å². The fourth-order valence-corrected chi connectivity index (χ4v) is 4.97. The molecule has 0 radical (unpaired) electrons. The topological polar surface area (TPSA) is 88.8 Å². The number of nitrogens with one attached hydrogen (secondary N) is 1. The standard InChI is InChI=1S/C26H37F3N6O2/c1-36-22-6-5-20(15-23(22)37-14-4-11-34-9-2-3-10-34)21-17-32-25(33-24(21)30)31-16-19-7-12-35(13-8-19)18-26(27,28)29/h5-6,15,17,19H,2-4,7-14,16,18H2,1H3,(H3,30,31,32,33). The summed E-state index contributed by atoms with van der Waals surface area (Å²) in [5.74, 6) is 2.32. The Morgan fingerprint density at radius 2 is 1.84 bits per heavy atom. The zero-order valence-electron chi connectivity index (χ0n) is 21.4. The number of likely N-dealkylation sites (tertiary alicyclic amines) is 2. The molecule has 0 aliphatic carbocycles. The molecule has 8 nitrogen and oxygen atoms in total. The van der Waals surface area contributed by atoms with E-state index in [1.165, 1.54) is 30.8 Å². The van der Waals surface area contributed by atoms with E-state index in [-0.39, 0.29) is 5.92 Å². The van der Waals surface area contributed by atoms with Gasteiger partial charge in [-0.05, 0) is 81.9 Å². The smallest absolute Gasteiger partial charge is 0.401 e. The van der Waals surface area contributed by atoms with Crippen molar-refractivity contribution < 1.29 is 22.6 Å². The van der Waals surface area contributed by atoms with E-state index in [4.69, 9.17) is 15.2 Å². The summed E-state index contributed by atoms with van der Waals surface area (Å²) < 4.78 is 49.3. The van der Waals surface area contributed by atoms with Gasteiger partial charge < -0.3 is 25.4 Å². The molecule has 1 aromatic carbocycles. The Balaban J connectivity index is 1.30. The number of methoxy groups -OCH3 is 1. The molecule has 0 spiro atoms. The Kier molecular flexibility index (Phi) is 9.31. The third-order valence-corrected chi connectivity index (χ3v) is 7.03. The predicted molar refractivity (Wildman–Crippen MR) is 138 cm³/mol. The third kappa shape index (κ3) is 8.10. The van der Waals surface area contributed by atoms with Gasteiger partial charge in [-0.2, -0.15) is 18.2 Å². The van der Waals surface area contributed by atoms with Crippen molar-refractivity contribution in [1.29, 1.82) is 0 Å². The summed E-state index contributed by atoms with van der Waals surface area (Å²) in [6.07, 6.45) is 2.42. The number of anilines is 2. The van der Waals surface area contributed by atoms with Crippen molar-refractivity contribution in [2.45, 2.75) is 38.3 Å². The van der Waals surface area contributed by atoms with E-state index in [9.17, 15) is 13.2 Å². The number of halogens is 3. The van der Waals surface area contributed by atoms with Crippen LogP contribution in [0.5, 0.6) is 11.5 Å². The predicted octanol–water partition coefficient (Wildman–Crippen LogP) is 4.29. The van der Waals surface area contributed by atoms with Crippen molar-refractivity contribution in [3.8, 4) is 22.6 Å². The lowest BCUT2D eigenvalue weighted by molar-refractivity contribution is -0.148. The zero-order chi connectivity index (χ0) is 26.3. The Bertz CT molecular complexity index is 1010. The monoisotopic (exact) mass is 522 g/mol. The number of hydrogen-bond donors (Lipinski definition) is 2. The second-order valence-electron chi connectivity index (χ2n) is 9.82. The van der Waals surface area contributed by atoms with Gasteiger partial charge in [0.25, 0.3) is 0 Å². The van der Waals surface area contributed by atoms with Gasteiger partial charge >= 0.3 is 6.18 Å². The lowest BCUT2D eigenvalue weighted by Crippen LogP contribution is -2.41. The van der Waals surface area contributed by atoms with Crippen LogP contribution >= 0.6 is 0 Å². The van der Waals surface area contributed by atoms with Crippen molar-refractivity contribution >= 4 is 11.8 Å². The van der Waals surface area contributed by atoms with Gasteiger partial charge in [-0.25, -0.2) is 4.98 Å². The lowest BCUT2D eigenvalue weighted by Gasteiger charge is -2.32. The van der Waals surface area contributed by atoms with Crippen molar-refractivity contribution in [2.75, 3.05) is 70.6 Å². The molecule has 3 N–H and O–H groups in total. The first-order valence-electron chi connectivity index (χ1n) is 13.0. The molecule has 0 amide bonds. The molecule has 1 aromatic heterocycles. The maximum absolute atomic E-state index is 12.6. The highest BCUT2D eigenvalue weighted by Crippen LogP contribution is 2.34. The molecule has 2 saturated heterocycles. The third-order valence-electron chi connectivity index (χ3n) is 7.03. The van der Waals surface area contributed by atoms with E-state index >= 15 is 0 Å². The molecule has 4 rings (SSSR count). The van der Waals surface area contributed by atoms with Crippen LogP contribution in [0.25, 0.3) is 11.1 Å². The molecular weight excluding hydrogens is 485 g/mol. The Hall–Kier alpha value is -2.79. The summed E-state index contributed by atoms with van der Waals surface area (Å²) in [7, 11) is 1.62. The lowest BCUT2D eigenvalue weighted by atomic mass is 9.97. The number of alkyl halides is 3. The largest absolute Gasteiger partial charge is 0.493 e. The number of nitrogens with zero attached hydrogens (tertiary/aromatic N) is 4. The first-order chi connectivity index (χ1) is 17.8. The van der Waals surface area contributed by atoms with E-state index < -0.39 is 12.7 Å². The highest BCUT2D eigenvalue weighted by atomic mass is 19.4. The fourth-order valence-electron chi connectivity index (χ4n) is 4.97. The maximum atomic E-state index is 12.6. The highest BCUT2D eigenvalue weighted by Gasteiger charge is 2.32. The van der Waals surface area contributed by atoms with Crippen molar-refractivity contribution in [2.24, 2.45) is 5.92 Å². The molecule has 3 heterocycles. The molecule has 204 valence electrons. The summed E-state index contributed by atoms with van der Waals surface area (Å²) in [6, 6.07) is 5.64. The van der Waals surface area contributed by atoms with Crippen molar-refractivity contribution in [1.82, 2.24) is 19.8 Å². The summed E-state index contributed by atoms with van der Waals surface area (Å²) in [6.45, 7) is 4.60. The molecule has 0 bridgehead atoms. The van der Waals surface area contributed by atoms with Crippen LogP contribution in [0.1, 0.15) is 32.1 Å². The molecule has 37 heavy (non-hydrogen) atoms. The minimum atomic E-state index is -4.15. The van der Waals surface area contributed by atoms with E-state index in [0.29, 0.717) is 67.9 Å². The van der Waals surface area contributed by atoms with Crippen LogP contribution in [0.2, 0.25) is 0 Å². The van der Waals surface area contributed by atoms with Crippen LogP contribution in [0.3, 0.4) is 0 Å². The van der Waals surface area contributed by atoms with E-state index in [1.54, 1.807) is 13.3 Å². The first-order valence-corrected chi connectivity index (χ1v) is 13.0. The Morgan fingerprint density at radius 1 is 1.08 bits per heavy atom. The number of aromatic nitrogens is 2. The van der Waals surface area contributed by atoms with Gasteiger partial charge in [-0.3, -0.25) is 4.90 Å². The Morgan fingerprint density at radius 3 is 2.51 bits per heavy atom. The highest BCUT2D eigenvalue weighted by molar-refractivity contribution is 5.75. The Labute approximate surface area is 216 Å². The number of rotatable bonds is 11. The number of hydrogen-bond acceptors (Lipinski definition) is 8. The van der Waals surface area contributed by atoms with Gasteiger partial charge in [0.1, 0.15) is 5.82 Å². The minimum Gasteiger partial charge on any atom is -0.493 e. The SMILES string of the molecule is COc1ccc(-c2cnc(NCC3CCN(CC(F)(F)F)CC3)nc2N)cc1OCCCN1CCCC1. The van der Waals surface area contributed by atoms with Crippen molar-refractivity contribution in [3.05, 3.63) is 24.4 Å². The van der Waals surface area contributed by atoms with Crippen LogP contribution in [-0.2, 0) is 0 Å². The summed E-state index contributed by atoms with van der Waals surface area (Å²) >= 11 is 0. The quantitative estimate of drug-likeness (QED) is 0.423. The second-order valence-corrected chi connectivity index (χ2v) is 9.82. The molecule has 0 unspecified atom stereocenters. The summed E-state index contributed by atoms with van der Waals surface area (Å²) in [4.78, 5) is 12.7. The van der Waals surface area contributed by atoms with E-state index in [1.807, 2.05) is 18.2 Å². The number of piperidine rings is 1. The molecule has 11 heteroatoms. The minimum absolute atomic E-state index is 0.265. The zero-order valence-corrected chi connectivity index (χ0v) is 21.4. The molecule has 2 fully saturated rings. The van der Waals surface area contributed by atoms with Gasteiger partial charge in [0.2, 0.25) is 5.95 Å². The second kappa shape index (κ2) is 12.6. The van der Waals surface area contributed by atoms with Crippen molar-refractivity contribution in [3.63, 3.8) is 0 Å². The molecule has 2 aliphatic rings. The molecule has 0 atom stereocenters. The molecule has 0 saturated carbocycles.